The van der Waals surface area contributed by atoms with Gasteiger partial charge < -0.3 is 14.7 Å². The minimum absolute atomic E-state index is 0.0160. The average Bonchev–Trinajstić information content (AvgIpc) is 2.66. The van der Waals surface area contributed by atoms with E-state index in [1.54, 1.807) is 18.9 Å². The van der Waals surface area contributed by atoms with Crippen LogP contribution in [0.4, 0.5) is 11.5 Å². The number of nitrogens with zero attached hydrogens (tertiary/aromatic N) is 6. The molecule has 138 valence electrons. The lowest BCUT2D eigenvalue weighted by molar-refractivity contribution is -0.120. The highest BCUT2D eigenvalue weighted by atomic mass is 127. The van der Waals surface area contributed by atoms with Crippen LogP contribution in [-0.2, 0) is 4.79 Å². The van der Waals surface area contributed by atoms with E-state index in [1.807, 2.05) is 41.7 Å². The number of aromatic nitrogens is 3. The predicted octanol–water partition coefficient (Wildman–Crippen LogP) is 1.44. The van der Waals surface area contributed by atoms with Gasteiger partial charge in [0.15, 0.2) is 5.65 Å². The molecule has 2 aromatic rings. The number of aryl methyl sites for hydroxylation is 1. The van der Waals surface area contributed by atoms with Crippen molar-refractivity contribution < 1.29 is 4.79 Å². The van der Waals surface area contributed by atoms with Crippen LogP contribution in [0.25, 0.3) is 11.0 Å². The van der Waals surface area contributed by atoms with Gasteiger partial charge in [0, 0.05) is 26.2 Å². The average molecular weight is 489 g/mol. The van der Waals surface area contributed by atoms with Gasteiger partial charge in [-0.05, 0) is 20.9 Å². The third kappa shape index (κ3) is 2.36. The Morgan fingerprint density at radius 2 is 1.88 bits per heavy atom. The maximum atomic E-state index is 13.3. The standard InChI is InChI=1S/C16H18ClIN6O2/c1-7-5-21(3)6-9-15(25)22(4)12-10-13(23(7)9)20-16(26)24(18)14(10)19-8(2)11(12)17/h7,9H,5-6H2,1-4H3. The largest absolute Gasteiger partial charge is 0.360 e. The van der Waals surface area contributed by atoms with Crippen molar-refractivity contribution >= 4 is 62.9 Å². The van der Waals surface area contributed by atoms with Crippen molar-refractivity contribution in [1.29, 1.82) is 0 Å². The predicted molar refractivity (Wildman–Crippen MR) is 110 cm³/mol. The Balaban J connectivity index is 2.17. The van der Waals surface area contributed by atoms with Gasteiger partial charge in [0.05, 0.1) is 44.7 Å². The molecule has 2 aliphatic heterocycles. The molecule has 26 heavy (non-hydrogen) atoms. The Hall–Kier alpha value is -1.46. The molecule has 4 heterocycles. The maximum Gasteiger partial charge on any atom is 0.360 e. The summed E-state index contributed by atoms with van der Waals surface area (Å²) >= 11 is 8.45. The van der Waals surface area contributed by atoms with E-state index in [1.165, 1.54) is 2.78 Å². The quantitative estimate of drug-likeness (QED) is 0.523. The first-order valence-electron chi connectivity index (χ1n) is 8.25. The number of piperazine rings is 1. The molecule has 0 aromatic carbocycles. The number of likely N-dealkylation sites (N-methyl/N-ethyl adjacent to an activating group) is 2. The van der Waals surface area contributed by atoms with Crippen LogP contribution in [0.2, 0.25) is 5.02 Å². The Kier molecular flexibility index (Phi) is 4.16. The molecule has 2 atom stereocenters. The second kappa shape index (κ2) is 6.03. The third-order valence-electron chi connectivity index (χ3n) is 5.11. The molecule has 2 aliphatic rings. The lowest BCUT2D eigenvalue weighted by Gasteiger charge is -2.44. The fourth-order valence-corrected chi connectivity index (χ4v) is 4.69. The summed E-state index contributed by atoms with van der Waals surface area (Å²) in [6.45, 7) is 5.13. The van der Waals surface area contributed by atoms with Crippen LogP contribution in [0.5, 0.6) is 0 Å². The zero-order chi connectivity index (χ0) is 18.9. The van der Waals surface area contributed by atoms with Crippen LogP contribution >= 0.6 is 34.5 Å². The third-order valence-corrected chi connectivity index (χ3v) is 6.43. The van der Waals surface area contributed by atoms with Crippen molar-refractivity contribution in [3.05, 3.63) is 21.2 Å². The van der Waals surface area contributed by atoms with E-state index in [0.29, 0.717) is 39.8 Å². The molecule has 1 amide bonds. The molecule has 2 unspecified atom stereocenters. The molecule has 1 saturated heterocycles. The zero-order valence-electron chi connectivity index (χ0n) is 14.8. The fraction of sp³-hybridized carbons (Fsp3) is 0.500. The number of pyridine rings is 1. The summed E-state index contributed by atoms with van der Waals surface area (Å²) in [5.41, 5.74) is 1.20. The van der Waals surface area contributed by atoms with Gasteiger partial charge in [-0.2, -0.15) is 4.98 Å². The van der Waals surface area contributed by atoms with Crippen LogP contribution < -0.4 is 15.5 Å². The first-order valence-corrected chi connectivity index (χ1v) is 9.60. The van der Waals surface area contributed by atoms with Crippen LogP contribution in [0.15, 0.2) is 4.79 Å². The highest BCUT2D eigenvalue weighted by Crippen LogP contribution is 2.43. The number of fused-ring (bicyclic) bond motifs is 2. The van der Waals surface area contributed by atoms with Gasteiger partial charge in [-0.15, -0.1) is 0 Å². The second-order valence-electron chi connectivity index (χ2n) is 6.95. The van der Waals surface area contributed by atoms with Gasteiger partial charge in [0.25, 0.3) is 5.91 Å². The zero-order valence-corrected chi connectivity index (χ0v) is 17.7. The highest BCUT2D eigenvalue weighted by molar-refractivity contribution is 14.1. The number of hydrogen-bond acceptors (Lipinski definition) is 6. The van der Waals surface area contributed by atoms with E-state index in [2.05, 4.69) is 14.9 Å². The lowest BCUT2D eigenvalue weighted by Crippen LogP contribution is -2.62. The summed E-state index contributed by atoms with van der Waals surface area (Å²) in [7, 11) is 3.71. The van der Waals surface area contributed by atoms with Gasteiger partial charge in [-0.1, -0.05) is 11.6 Å². The van der Waals surface area contributed by atoms with Gasteiger partial charge in [0.2, 0.25) is 0 Å². The van der Waals surface area contributed by atoms with Crippen LogP contribution in [-0.4, -0.2) is 62.8 Å². The fourth-order valence-electron chi connectivity index (χ4n) is 3.97. The highest BCUT2D eigenvalue weighted by Gasteiger charge is 2.43. The maximum absolute atomic E-state index is 13.3. The summed E-state index contributed by atoms with van der Waals surface area (Å²) in [6, 6.07) is -0.417. The van der Waals surface area contributed by atoms with Crippen molar-refractivity contribution in [2.75, 3.05) is 37.0 Å². The van der Waals surface area contributed by atoms with Crippen molar-refractivity contribution in [3.63, 3.8) is 0 Å². The SMILES string of the molecule is Cc1nc2c3c(nc(=O)n2I)N2C(C)CN(C)CC2C(=O)N(C)c3c1Cl. The van der Waals surface area contributed by atoms with Gasteiger partial charge in [0.1, 0.15) is 11.9 Å². The van der Waals surface area contributed by atoms with Crippen LogP contribution in [0.3, 0.4) is 0 Å². The van der Waals surface area contributed by atoms with Gasteiger partial charge in [-0.25, -0.2) is 12.6 Å². The molecule has 8 nitrogen and oxygen atoms in total. The number of carbonyl (C=O) groups excluding carboxylic acids is 1. The molecule has 10 heteroatoms. The van der Waals surface area contributed by atoms with Gasteiger partial charge >= 0.3 is 5.69 Å². The normalized spacial score (nSPS) is 23.4. The molecule has 0 N–H and O–H groups in total. The van der Waals surface area contributed by atoms with E-state index < -0.39 is 11.7 Å². The number of anilines is 2. The minimum Gasteiger partial charge on any atom is -0.338 e. The Morgan fingerprint density at radius 1 is 1.19 bits per heavy atom. The Labute approximate surface area is 169 Å². The summed E-state index contributed by atoms with van der Waals surface area (Å²) in [6.07, 6.45) is 0. The molecule has 1 fully saturated rings. The van der Waals surface area contributed by atoms with E-state index in [9.17, 15) is 9.59 Å². The van der Waals surface area contributed by atoms with Gasteiger partial charge in [-0.3, -0.25) is 4.79 Å². The van der Waals surface area contributed by atoms with Crippen LogP contribution in [0, 0.1) is 6.92 Å². The second-order valence-corrected chi connectivity index (χ2v) is 8.29. The lowest BCUT2D eigenvalue weighted by atomic mass is 10.1. The number of amides is 1. The summed E-state index contributed by atoms with van der Waals surface area (Å²) in [4.78, 5) is 40.3. The van der Waals surface area contributed by atoms with Crippen molar-refractivity contribution in [1.82, 2.24) is 17.6 Å². The number of hydrogen-bond donors (Lipinski definition) is 0. The summed E-state index contributed by atoms with van der Waals surface area (Å²) < 4.78 is 1.38. The molecule has 0 saturated carbocycles. The molecule has 0 radical (unpaired) electrons. The minimum atomic E-state index is -0.433. The molecule has 4 rings (SSSR count). The monoisotopic (exact) mass is 488 g/mol. The smallest absolute Gasteiger partial charge is 0.338 e. The molecule has 0 aliphatic carbocycles. The van der Waals surface area contributed by atoms with Crippen molar-refractivity contribution in [3.8, 4) is 0 Å². The number of carbonyl (C=O) groups is 1. The Bertz CT molecular complexity index is 1010. The Morgan fingerprint density at radius 3 is 2.58 bits per heavy atom. The van der Waals surface area contributed by atoms with Crippen LogP contribution in [0.1, 0.15) is 12.6 Å². The first kappa shape index (κ1) is 17.9. The summed E-state index contributed by atoms with van der Waals surface area (Å²) in [5, 5.41) is 1.05. The van der Waals surface area contributed by atoms with E-state index in [-0.39, 0.29) is 11.9 Å². The molecular formula is C16H18ClIN6O2. The first-order chi connectivity index (χ1) is 12.2. The number of rotatable bonds is 0. The summed E-state index contributed by atoms with van der Waals surface area (Å²) in [5.74, 6) is 0.424. The van der Waals surface area contributed by atoms with E-state index >= 15 is 0 Å². The van der Waals surface area contributed by atoms with E-state index in [0.717, 1.165) is 6.54 Å². The van der Waals surface area contributed by atoms with E-state index in [4.69, 9.17) is 11.6 Å². The van der Waals surface area contributed by atoms with Crippen molar-refractivity contribution in [2.24, 2.45) is 0 Å². The molecule has 0 spiro atoms. The molecule has 2 aromatic heterocycles. The van der Waals surface area contributed by atoms with Crippen molar-refractivity contribution in [2.45, 2.75) is 25.9 Å². The number of halogens is 2. The molecule has 0 bridgehead atoms. The molecular weight excluding hydrogens is 471 g/mol. The topological polar surface area (TPSA) is 74.6 Å².